The molecule has 0 aliphatic heterocycles. The zero-order valence-electron chi connectivity index (χ0n) is 14.4. The molecule has 0 aliphatic rings. The first-order chi connectivity index (χ1) is 13.0. The Kier molecular flexibility index (Phi) is 6.43. The average Bonchev–Trinajstić information content (AvgIpc) is 3.10. The maximum Gasteiger partial charge on any atom is 0.165 e. The molecule has 0 saturated heterocycles. The van der Waals surface area contributed by atoms with Crippen LogP contribution in [0.3, 0.4) is 0 Å². The molecule has 3 rings (SSSR count). The number of thiophene rings is 1. The third kappa shape index (κ3) is 4.65. The fourth-order valence-corrected chi connectivity index (χ4v) is 4.01. The molecule has 0 spiro atoms. The van der Waals surface area contributed by atoms with Gasteiger partial charge in [-0.1, -0.05) is 15.9 Å². The van der Waals surface area contributed by atoms with Gasteiger partial charge in [0.1, 0.15) is 18.2 Å². The number of nitrogens with two attached hydrogens (primary N) is 1. The highest BCUT2D eigenvalue weighted by Gasteiger charge is 2.18. The first kappa shape index (κ1) is 19.8. The molecular formula is C19H19BrN2O4S. The Morgan fingerprint density at radius 2 is 2.07 bits per heavy atom. The topological polar surface area (TPSA) is 106 Å². The van der Waals surface area contributed by atoms with E-state index in [-0.39, 0.29) is 25.2 Å². The minimum absolute atomic E-state index is 0.130. The molecule has 0 amide bonds. The lowest BCUT2D eigenvalue weighted by Crippen LogP contribution is -2.14. The van der Waals surface area contributed by atoms with E-state index in [4.69, 9.17) is 15.6 Å². The molecule has 2 aromatic heterocycles. The predicted molar refractivity (Wildman–Crippen MR) is 109 cm³/mol. The van der Waals surface area contributed by atoms with Gasteiger partial charge in [-0.05, 0) is 36.1 Å². The van der Waals surface area contributed by atoms with Gasteiger partial charge in [0.15, 0.2) is 5.78 Å². The number of ether oxygens (including phenoxy) is 1. The van der Waals surface area contributed by atoms with E-state index in [1.54, 1.807) is 0 Å². The summed E-state index contributed by atoms with van der Waals surface area (Å²) in [5.74, 6) is 0.948. The Morgan fingerprint density at radius 1 is 1.33 bits per heavy atom. The second kappa shape index (κ2) is 8.79. The van der Waals surface area contributed by atoms with Crippen LogP contribution in [0.5, 0.6) is 5.75 Å². The number of benzene rings is 1. The summed E-state index contributed by atoms with van der Waals surface area (Å²) in [5.41, 5.74) is 7.40. The van der Waals surface area contributed by atoms with Gasteiger partial charge in [0, 0.05) is 28.0 Å². The minimum atomic E-state index is -0.899. The standard InChI is InChI=1S/C19H19BrN2O4S/c20-12-1-4-14(5-2-12)26-9-11-10-27-18-15(7-22-19(21)17(11)18)16(25)6-3-13(24)8-23/h1-2,4-5,7,10,13,23-24H,3,6,8-9H2,(H2,21,22). The lowest BCUT2D eigenvalue weighted by Gasteiger charge is -2.09. The molecule has 0 fully saturated rings. The van der Waals surface area contributed by atoms with Crippen LogP contribution in [0.2, 0.25) is 0 Å². The zero-order valence-corrected chi connectivity index (χ0v) is 16.8. The molecule has 1 atom stereocenters. The zero-order chi connectivity index (χ0) is 19.4. The Morgan fingerprint density at radius 3 is 2.78 bits per heavy atom. The maximum absolute atomic E-state index is 12.5. The fourth-order valence-electron chi connectivity index (χ4n) is 2.65. The molecule has 0 bridgehead atoms. The number of ketones is 1. The van der Waals surface area contributed by atoms with Gasteiger partial charge in [-0.15, -0.1) is 11.3 Å². The summed E-state index contributed by atoms with van der Waals surface area (Å²) in [6.45, 7) is -0.0480. The summed E-state index contributed by atoms with van der Waals surface area (Å²) in [6.07, 6.45) is 0.905. The number of rotatable bonds is 8. The quantitative estimate of drug-likeness (QED) is 0.453. The molecule has 8 heteroatoms. The van der Waals surface area contributed by atoms with Gasteiger partial charge in [-0.2, -0.15) is 0 Å². The highest BCUT2D eigenvalue weighted by atomic mass is 79.9. The van der Waals surface area contributed by atoms with Crippen molar-refractivity contribution in [2.75, 3.05) is 12.3 Å². The van der Waals surface area contributed by atoms with Crippen LogP contribution < -0.4 is 10.5 Å². The molecule has 0 saturated carbocycles. The number of hydrogen-bond acceptors (Lipinski definition) is 7. The second-order valence-corrected chi connectivity index (χ2v) is 7.86. The normalized spacial score (nSPS) is 12.3. The third-order valence-electron chi connectivity index (χ3n) is 4.12. The number of carbonyl (C=O) groups is 1. The number of Topliss-reactive ketones (excluding diaryl/α,β-unsaturated/α-hetero) is 1. The number of aromatic nitrogens is 1. The van der Waals surface area contributed by atoms with Crippen LogP contribution in [-0.2, 0) is 6.61 Å². The monoisotopic (exact) mass is 450 g/mol. The van der Waals surface area contributed by atoms with Gasteiger partial charge in [-0.25, -0.2) is 4.98 Å². The molecular weight excluding hydrogens is 432 g/mol. The van der Waals surface area contributed by atoms with Gasteiger partial charge in [0.25, 0.3) is 0 Å². The number of halogens is 1. The van der Waals surface area contributed by atoms with Crippen molar-refractivity contribution >= 4 is 49.0 Å². The Bertz CT molecular complexity index is 943. The highest BCUT2D eigenvalue weighted by Crippen LogP contribution is 2.34. The first-order valence-corrected chi connectivity index (χ1v) is 10.0. The number of fused-ring (bicyclic) bond motifs is 1. The number of aliphatic hydroxyl groups excluding tert-OH is 2. The number of pyridine rings is 1. The van der Waals surface area contributed by atoms with E-state index >= 15 is 0 Å². The van der Waals surface area contributed by atoms with Crippen LogP contribution in [0.4, 0.5) is 5.82 Å². The van der Waals surface area contributed by atoms with Crippen LogP contribution in [-0.4, -0.2) is 33.7 Å². The number of aliphatic hydroxyl groups is 2. The average molecular weight is 451 g/mol. The van der Waals surface area contributed by atoms with Gasteiger partial charge in [0.05, 0.1) is 23.0 Å². The molecule has 1 unspecified atom stereocenters. The van der Waals surface area contributed by atoms with E-state index in [0.29, 0.717) is 18.0 Å². The first-order valence-electron chi connectivity index (χ1n) is 8.34. The van der Waals surface area contributed by atoms with Crippen molar-refractivity contribution < 1.29 is 19.7 Å². The van der Waals surface area contributed by atoms with E-state index in [0.717, 1.165) is 25.9 Å². The SMILES string of the molecule is Nc1ncc(C(=O)CCC(O)CO)c2scc(COc3ccc(Br)cc3)c12. The number of carbonyl (C=O) groups excluding carboxylic acids is 1. The molecule has 27 heavy (non-hydrogen) atoms. The molecule has 2 heterocycles. The van der Waals surface area contributed by atoms with E-state index in [1.807, 2.05) is 29.6 Å². The number of hydrogen-bond donors (Lipinski definition) is 3. The molecule has 3 aromatic rings. The van der Waals surface area contributed by atoms with E-state index in [2.05, 4.69) is 20.9 Å². The highest BCUT2D eigenvalue weighted by molar-refractivity contribution is 9.10. The molecule has 4 N–H and O–H groups in total. The van der Waals surface area contributed by atoms with Gasteiger partial charge < -0.3 is 20.7 Å². The van der Waals surface area contributed by atoms with Crippen molar-refractivity contribution in [2.45, 2.75) is 25.6 Å². The molecule has 6 nitrogen and oxygen atoms in total. The van der Waals surface area contributed by atoms with Crippen LogP contribution in [0.25, 0.3) is 10.1 Å². The van der Waals surface area contributed by atoms with Gasteiger partial charge in [0.2, 0.25) is 0 Å². The van der Waals surface area contributed by atoms with Crippen LogP contribution in [0.1, 0.15) is 28.8 Å². The second-order valence-electron chi connectivity index (χ2n) is 6.06. The Hall–Kier alpha value is -2.00. The maximum atomic E-state index is 12.5. The smallest absolute Gasteiger partial charge is 0.165 e. The lowest BCUT2D eigenvalue weighted by molar-refractivity contribution is 0.0780. The number of anilines is 1. The minimum Gasteiger partial charge on any atom is -0.489 e. The molecule has 0 aliphatic carbocycles. The van der Waals surface area contributed by atoms with Crippen LogP contribution in [0, 0.1) is 0 Å². The Balaban J connectivity index is 1.82. The van der Waals surface area contributed by atoms with Crippen LogP contribution >= 0.6 is 27.3 Å². The summed E-state index contributed by atoms with van der Waals surface area (Å²) in [4.78, 5) is 16.7. The summed E-state index contributed by atoms with van der Waals surface area (Å²) in [6, 6.07) is 7.52. The van der Waals surface area contributed by atoms with Crippen molar-refractivity contribution in [1.29, 1.82) is 0 Å². The molecule has 142 valence electrons. The van der Waals surface area contributed by atoms with Crippen molar-refractivity contribution in [3.8, 4) is 5.75 Å². The van der Waals surface area contributed by atoms with E-state index in [9.17, 15) is 9.90 Å². The summed E-state index contributed by atoms with van der Waals surface area (Å²) in [7, 11) is 0. The predicted octanol–water partition coefficient (Wildman–Crippen LogP) is 3.54. The summed E-state index contributed by atoms with van der Waals surface area (Å²) in [5, 5.41) is 21.0. The number of nitrogens with zero attached hydrogens (tertiary/aromatic N) is 1. The van der Waals surface area contributed by atoms with Crippen molar-refractivity contribution in [3.05, 3.63) is 51.4 Å². The van der Waals surface area contributed by atoms with Crippen LogP contribution in [0.15, 0.2) is 40.3 Å². The third-order valence-corrected chi connectivity index (χ3v) is 5.72. The number of nitrogen functional groups attached to an aromatic ring is 1. The van der Waals surface area contributed by atoms with Gasteiger partial charge in [-0.3, -0.25) is 4.79 Å². The largest absolute Gasteiger partial charge is 0.489 e. The molecule has 0 radical (unpaired) electrons. The fraction of sp³-hybridized carbons (Fsp3) is 0.263. The van der Waals surface area contributed by atoms with Crippen molar-refractivity contribution in [1.82, 2.24) is 4.98 Å². The molecule has 1 aromatic carbocycles. The Labute approximate surface area is 168 Å². The van der Waals surface area contributed by atoms with Crippen molar-refractivity contribution in [2.24, 2.45) is 0 Å². The summed E-state index contributed by atoms with van der Waals surface area (Å²) < 4.78 is 7.55. The van der Waals surface area contributed by atoms with E-state index in [1.165, 1.54) is 17.5 Å². The summed E-state index contributed by atoms with van der Waals surface area (Å²) >= 11 is 4.81. The lowest BCUT2D eigenvalue weighted by atomic mass is 10.0. The van der Waals surface area contributed by atoms with Gasteiger partial charge >= 0.3 is 0 Å². The van der Waals surface area contributed by atoms with E-state index < -0.39 is 6.10 Å². The van der Waals surface area contributed by atoms with Crippen molar-refractivity contribution in [3.63, 3.8) is 0 Å².